The zero-order chi connectivity index (χ0) is 26.8. The van der Waals surface area contributed by atoms with Gasteiger partial charge in [-0.25, -0.2) is 0 Å². The molecule has 5 aliphatic rings. The fourth-order valence-electron chi connectivity index (χ4n) is 7.93. The molecule has 40 heavy (non-hydrogen) atoms. The first kappa shape index (κ1) is 24.7. The molecule has 2 atom stereocenters. The van der Waals surface area contributed by atoms with Crippen LogP contribution in [0.15, 0.2) is 48.7 Å². The van der Waals surface area contributed by atoms with Crippen molar-refractivity contribution in [1.29, 1.82) is 0 Å². The lowest BCUT2D eigenvalue weighted by Gasteiger charge is -2.47. The Labute approximate surface area is 240 Å². The van der Waals surface area contributed by atoms with Gasteiger partial charge < -0.3 is 19.3 Å². The van der Waals surface area contributed by atoms with Crippen LogP contribution in [-0.4, -0.2) is 65.8 Å². The largest absolute Gasteiger partial charge is 0.492 e. The van der Waals surface area contributed by atoms with E-state index >= 15 is 0 Å². The molecule has 0 amide bonds. The van der Waals surface area contributed by atoms with Crippen LogP contribution in [0.5, 0.6) is 6.01 Å². The molecule has 2 unspecified atom stereocenters. The lowest BCUT2D eigenvalue weighted by molar-refractivity contribution is -0.0499. The number of aromatic nitrogens is 2. The normalized spacial score (nSPS) is 25.3. The number of nitrogens with zero attached hydrogens (tertiary/aromatic N) is 5. The molecule has 0 N–H and O–H groups in total. The molecule has 8 rings (SSSR count). The summed E-state index contributed by atoms with van der Waals surface area (Å²) >= 11 is 6.72. The molecule has 0 radical (unpaired) electrons. The van der Waals surface area contributed by atoms with Gasteiger partial charge in [-0.05, 0) is 69.1 Å². The summed E-state index contributed by atoms with van der Waals surface area (Å²) in [6.45, 7) is 10.5. The van der Waals surface area contributed by atoms with Gasteiger partial charge in [-0.2, -0.15) is 9.97 Å². The number of rotatable bonds is 5. The Balaban J connectivity index is 1.13. The number of benzene rings is 2. The molecule has 8 heteroatoms. The van der Waals surface area contributed by atoms with Crippen molar-refractivity contribution >= 4 is 33.9 Å². The first-order chi connectivity index (χ1) is 19.6. The number of piperidine rings is 1. The molecule has 4 fully saturated rings. The van der Waals surface area contributed by atoms with Gasteiger partial charge in [-0.3, -0.25) is 4.90 Å². The van der Waals surface area contributed by atoms with Crippen molar-refractivity contribution in [3.05, 3.63) is 65.0 Å². The van der Waals surface area contributed by atoms with E-state index in [1.165, 1.54) is 44.3 Å². The summed E-state index contributed by atoms with van der Waals surface area (Å²) in [5, 5.41) is 3.05. The lowest BCUT2D eigenvalue weighted by Crippen LogP contribution is -2.52. The van der Waals surface area contributed by atoms with E-state index in [9.17, 15) is 0 Å². The van der Waals surface area contributed by atoms with Crippen LogP contribution >= 0.6 is 11.6 Å². The topological polar surface area (TPSA) is 54.0 Å². The number of fused-ring (bicyclic) bond motifs is 4. The van der Waals surface area contributed by atoms with Gasteiger partial charge in [-0.15, -0.1) is 0 Å². The van der Waals surface area contributed by atoms with E-state index in [1.54, 1.807) is 0 Å². The first-order valence-corrected chi connectivity index (χ1v) is 15.3. The van der Waals surface area contributed by atoms with Crippen molar-refractivity contribution < 1.29 is 9.47 Å². The van der Waals surface area contributed by atoms with E-state index < -0.39 is 0 Å². The molecule has 7 nitrogen and oxygen atoms in total. The Hall–Kier alpha value is -3.03. The van der Waals surface area contributed by atoms with Crippen molar-refractivity contribution in [2.24, 2.45) is 5.92 Å². The SMILES string of the molecule is C=C1OC2CN(c3nc(OCC45CCCN4CCC5)nc4c3CCN(c3cccc5cccc(Cl)c35)C4)CCC12. The summed E-state index contributed by atoms with van der Waals surface area (Å²) in [5.74, 6) is 2.45. The highest BCUT2D eigenvalue weighted by Crippen LogP contribution is 2.42. The van der Waals surface area contributed by atoms with Crippen LogP contribution in [0.1, 0.15) is 43.4 Å². The fourth-order valence-corrected chi connectivity index (χ4v) is 8.20. The Morgan fingerprint density at radius 3 is 2.65 bits per heavy atom. The van der Waals surface area contributed by atoms with E-state index in [2.05, 4.69) is 45.5 Å². The Morgan fingerprint density at radius 2 is 1.85 bits per heavy atom. The van der Waals surface area contributed by atoms with Gasteiger partial charge in [-0.1, -0.05) is 42.4 Å². The van der Waals surface area contributed by atoms with Gasteiger partial charge in [0.15, 0.2) is 0 Å². The smallest absolute Gasteiger partial charge is 0.318 e. The number of hydrogen-bond acceptors (Lipinski definition) is 7. The molecule has 2 aromatic carbocycles. The molecule has 208 valence electrons. The maximum atomic E-state index is 6.72. The fraction of sp³-hybridized carbons (Fsp3) is 0.500. The first-order valence-electron chi connectivity index (χ1n) is 14.9. The third kappa shape index (κ3) is 3.96. The summed E-state index contributed by atoms with van der Waals surface area (Å²) in [5.41, 5.74) is 3.62. The molecule has 0 spiro atoms. The zero-order valence-electron chi connectivity index (χ0n) is 22.9. The molecule has 0 aliphatic carbocycles. The molecule has 0 bridgehead atoms. The highest BCUT2D eigenvalue weighted by molar-refractivity contribution is 6.36. The number of halogens is 1. The third-order valence-electron chi connectivity index (χ3n) is 10.1. The average Bonchev–Trinajstić information content (AvgIpc) is 3.55. The van der Waals surface area contributed by atoms with E-state index in [0.29, 0.717) is 25.1 Å². The third-order valence-corrected chi connectivity index (χ3v) is 10.4. The van der Waals surface area contributed by atoms with Crippen LogP contribution in [0, 0.1) is 5.92 Å². The van der Waals surface area contributed by atoms with Gasteiger partial charge in [0.2, 0.25) is 0 Å². The van der Waals surface area contributed by atoms with Gasteiger partial charge in [0.25, 0.3) is 0 Å². The van der Waals surface area contributed by atoms with Crippen molar-refractivity contribution in [2.45, 2.75) is 56.7 Å². The summed E-state index contributed by atoms with van der Waals surface area (Å²) in [4.78, 5) is 17.6. The molecule has 5 aliphatic heterocycles. The van der Waals surface area contributed by atoms with Crippen molar-refractivity contribution in [1.82, 2.24) is 14.9 Å². The second-order valence-electron chi connectivity index (χ2n) is 12.2. The molecular weight excluding hydrogens is 522 g/mol. The number of anilines is 2. The van der Waals surface area contributed by atoms with Crippen LogP contribution in [0.4, 0.5) is 11.5 Å². The summed E-state index contributed by atoms with van der Waals surface area (Å²) in [7, 11) is 0. The minimum absolute atomic E-state index is 0.156. The molecule has 0 saturated carbocycles. The molecule has 3 aromatic rings. The summed E-state index contributed by atoms with van der Waals surface area (Å²) in [6, 6.07) is 13.1. The quantitative estimate of drug-likeness (QED) is 0.405. The lowest BCUT2D eigenvalue weighted by atomic mass is 9.87. The molecular formula is C32H36ClN5O2. The second kappa shape index (κ2) is 9.52. The second-order valence-corrected chi connectivity index (χ2v) is 12.6. The van der Waals surface area contributed by atoms with E-state index in [4.69, 9.17) is 31.0 Å². The van der Waals surface area contributed by atoms with Gasteiger partial charge >= 0.3 is 6.01 Å². The monoisotopic (exact) mass is 557 g/mol. The van der Waals surface area contributed by atoms with Crippen molar-refractivity contribution in [3.8, 4) is 6.01 Å². The predicted octanol–water partition coefficient (Wildman–Crippen LogP) is 5.59. The minimum Gasteiger partial charge on any atom is -0.492 e. The van der Waals surface area contributed by atoms with Crippen LogP contribution < -0.4 is 14.5 Å². The van der Waals surface area contributed by atoms with Crippen molar-refractivity contribution in [2.75, 3.05) is 49.1 Å². The molecule has 6 heterocycles. The molecule has 4 saturated heterocycles. The van der Waals surface area contributed by atoms with Gasteiger partial charge in [0.05, 0.1) is 41.0 Å². The van der Waals surface area contributed by atoms with Crippen LogP contribution in [0.25, 0.3) is 10.8 Å². The maximum absolute atomic E-state index is 6.72. The van der Waals surface area contributed by atoms with Crippen LogP contribution in [-0.2, 0) is 17.7 Å². The summed E-state index contributed by atoms with van der Waals surface area (Å²) < 4.78 is 12.4. The Kier molecular flexibility index (Phi) is 5.89. The van der Waals surface area contributed by atoms with E-state index in [1.807, 2.05) is 12.1 Å². The Bertz CT molecular complexity index is 1480. The van der Waals surface area contributed by atoms with E-state index in [-0.39, 0.29) is 11.6 Å². The Morgan fingerprint density at radius 1 is 1.02 bits per heavy atom. The number of ether oxygens (including phenoxy) is 2. The average molecular weight is 558 g/mol. The zero-order valence-corrected chi connectivity index (χ0v) is 23.7. The highest BCUT2D eigenvalue weighted by atomic mass is 35.5. The van der Waals surface area contributed by atoms with Crippen LogP contribution in [0.2, 0.25) is 5.02 Å². The predicted molar refractivity (Wildman–Crippen MR) is 158 cm³/mol. The van der Waals surface area contributed by atoms with Gasteiger partial charge in [0, 0.05) is 29.7 Å². The molecule has 1 aromatic heterocycles. The van der Waals surface area contributed by atoms with Gasteiger partial charge in [0.1, 0.15) is 18.5 Å². The summed E-state index contributed by atoms with van der Waals surface area (Å²) in [6.07, 6.45) is 7.05. The number of hydrogen-bond donors (Lipinski definition) is 0. The maximum Gasteiger partial charge on any atom is 0.318 e. The van der Waals surface area contributed by atoms with Crippen LogP contribution in [0.3, 0.4) is 0 Å². The van der Waals surface area contributed by atoms with Crippen molar-refractivity contribution in [3.63, 3.8) is 0 Å². The minimum atomic E-state index is 0.156. The highest BCUT2D eigenvalue weighted by Gasteiger charge is 2.45. The van der Waals surface area contributed by atoms with E-state index in [0.717, 1.165) is 71.2 Å². The standard InChI is InChI=1S/C32H36ClN5O2/c1-21-23-10-17-37(19-28(23)40-21)30-24-11-16-36(27-9-3-7-22-6-2-8-25(33)29(22)27)18-26(24)34-31(35-30)39-20-32-12-4-14-38(32)15-5-13-32/h2-3,6-9,23,28H,1,4-5,10-20H2.